The molecule has 2 N–H and O–H groups in total. The Morgan fingerprint density at radius 3 is 2.44 bits per heavy atom. The van der Waals surface area contributed by atoms with E-state index >= 15 is 0 Å². The Bertz CT molecular complexity index is 772. The number of carboxylic acids is 1. The minimum atomic E-state index is -5.06. The molecule has 2 rings (SSSR count). The van der Waals surface area contributed by atoms with Gasteiger partial charge in [-0.2, -0.15) is 0 Å². The summed E-state index contributed by atoms with van der Waals surface area (Å²) in [7, 11) is 0. The molecule has 0 radical (unpaired) electrons. The van der Waals surface area contributed by atoms with Crippen LogP contribution in [0.25, 0.3) is 10.8 Å². The molecule has 0 aliphatic heterocycles. The van der Waals surface area contributed by atoms with E-state index in [1.807, 2.05) is 36.4 Å². The van der Waals surface area contributed by atoms with Gasteiger partial charge >= 0.3 is 12.3 Å². The van der Waals surface area contributed by atoms with Crippen LogP contribution in [0.5, 0.6) is 0 Å². The molecule has 1 amide bonds. The van der Waals surface area contributed by atoms with Crippen molar-refractivity contribution in [3.63, 3.8) is 0 Å². The average Bonchev–Trinajstić information content (AvgIpc) is 2.53. The molecule has 0 saturated heterocycles. The number of carbonyl (C=O) groups excluding carboxylic acids is 1. The Labute approximate surface area is 142 Å². The van der Waals surface area contributed by atoms with Crippen LogP contribution < -0.4 is 5.32 Å². The van der Waals surface area contributed by atoms with E-state index in [1.54, 1.807) is 6.07 Å². The second kappa shape index (κ2) is 7.52. The quantitative estimate of drug-likeness (QED) is 0.783. The van der Waals surface area contributed by atoms with Gasteiger partial charge in [0.15, 0.2) is 0 Å². The number of hydrogen-bond acceptors (Lipinski definition) is 3. The fourth-order valence-electron chi connectivity index (χ4n) is 2.52. The number of nitrogens with zero attached hydrogens (tertiary/aromatic N) is 1. The summed E-state index contributed by atoms with van der Waals surface area (Å²) in [6.45, 7) is 0.374. The highest BCUT2D eigenvalue weighted by atomic mass is 19.4. The van der Waals surface area contributed by atoms with Gasteiger partial charge in [-0.1, -0.05) is 42.5 Å². The van der Waals surface area contributed by atoms with Crippen LogP contribution in [-0.2, 0) is 16.1 Å². The zero-order valence-corrected chi connectivity index (χ0v) is 13.4. The third kappa shape index (κ3) is 4.48. The molecule has 0 aromatic heterocycles. The summed E-state index contributed by atoms with van der Waals surface area (Å²) in [6, 6.07) is 11.0. The monoisotopic (exact) mass is 354 g/mol. The lowest BCUT2D eigenvalue weighted by atomic mass is 10.0. The molecule has 8 heteroatoms. The van der Waals surface area contributed by atoms with Crippen molar-refractivity contribution in [1.82, 2.24) is 10.2 Å². The molecule has 1 atom stereocenters. The van der Waals surface area contributed by atoms with Crippen LogP contribution in [0.4, 0.5) is 13.2 Å². The molecule has 0 saturated carbocycles. The minimum absolute atomic E-state index is 0.181. The molecule has 2 aromatic rings. The Morgan fingerprint density at radius 1 is 1.16 bits per heavy atom. The van der Waals surface area contributed by atoms with E-state index in [0.29, 0.717) is 0 Å². The zero-order chi connectivity index (χ0) is 18.6. The average molecular weight is 354 g/mol. The van der Waals surface area contributed by atoms with Crippen LogP contribution in [0.1, 0.15) is 12.5 Å². The van der Waals surface area contributed by atoms with Crippen LogP contribution >= 0.6 is 0 Å². The highest BCUT2D eigenvalue weighted by Gasteiger charge is 2.46. The highest BCUT2D eigenvalue weighted by molar-refractivity contribution is 5.86. The van der Waals surface area contributed by atoms with Crippen molar-refractivity contribution < 1.29 is 27.9 Å². The van der Waals surface area contributed by atoms with Crippen molar-refractivity contribution in [2.24, 2.45) is 0 Å². The SMILES string of the molecule is C[C@@H](C(=O)O)N(C(=O)CNCc1cccc2ccccc12)C(F)(F)F. The number of nitrogens with one attached hydrogen (secondary N) is 1. The van der Waals surface area contributed by atoms with E-state index < -0.39 is 35.7 Å². The first kappa shape index (κ1) is 18.7. The maximum absolute atomic E-state index is 13.0. The van der Waals surface area contributed by atoms with Gasteiger partial charge in [-0.05, 0) is 23.3 Å². The third-order valence-electron chi connectivity index (χ3n) is 3.76. The molecular weight excluding hydrogens is 337 g/mol. The molecule has 0 aliphatic carbocycles. The second-order valence-electron chi connectivity index (χ2n) is 5.49. The summed E-state index contributed by atoms with van der Waals surface area (Å²) >= 11 is 0. The maximum Gasteiger partial charge on any atom is 0.487 e. The van der Waals surface area contributed by atoms with E-state index in [1.165, 1.54) is 0 Å². The lowest BCUT2D eigenvalue weighted by molar-refractivity contribution is -0.250. The Balaban J connectivity index is 2.06. The highest BCUT2D eigenvalue weighted by Crippen LogP contribution is 2.24. The smallest absolute Gasteiger partial charge is 0.480 e. The standard InChI is InChI=1S/C17H17F3N2O3/c1-11(16(24)25)22(17(18,19)20)15(23)10-21-9-13-7-4-6-12-5-2-3-8-14(12)13/h2-8,11,21H,9-10H2,1H3,(H,24,25)/t11-/m0/s1. The lowest BCUT2D eigenvalue weighted by Gasteiger charge is -2.28. The third-order valence-corrected chi connectivity index (χ3v) is 3.76. The zero-order valence-electron chi connectivity index (χ0n) is 13.4. The Kier molecular flexibility index (Phi) is 5.63. The topological polar surface area (TPSA) is 69.6 Å². The van der Waals surface area contributed by atoms with Gasteiger partial charge in [0.05, 0.1) is 6.54 Å². The number of carbonyl (C=O) groups is 2. The van der Waals surface area contributed by atoms with Gasteiger partial charge in [0, 0.05) is 6.54 Å². The predicted molar refractivity (Wildman–Crippen MR) is 85.7 cm³/mol. The second-order valence-corrected chi connectivity index (χ2v) is 5.49. The number of alkyl halides is 3. The summed E-state index contributed by atoms with van der Waals surface area (Å²) in [5, 5.41) is 13.3. The number of hydrogen-bond donors (Lipinski definition) is 2. The minimum Gasteiger partial charge on any atom is -0.480 e. The largest absolute Gasteiger partial charge is 0.487 e. The maximum atomic E-state index is 13.0. The normalized spacial score (nSPS) is 12.8. The van der Waals surface area contributed by atoms with Crippen molar-refractivity contribution >= 4 is 22.6 Å². The number of aliphatic carboxylic acids is 1. The van der Waals surface area contributed by atoms with E-state index in [4.69, 9.17) is 5.11 Å². The van der Waals surface area contributed by atoms with Crippen LogP contribution in [0, 0.1) is 0 Å². The fraction of sp³-hybridized carbons (Fsp3) is 0.294. The van der Waals surface area contributed by atoms with Crippen LogP contribution in [0.15, 0.2) is 42.5 Å². The molecule has 5 nitrogen and oxygen atoms in total. The molecule has 0 unspecified atom stereocenters. The van der Waals surface area contributed by atoms with Gasteiger partial charge < -0.3 is 10.4 Å². The van der Waals surface area contributed by atoms with Crippen molar-refractivity contribution in [1.29, 1.82) is 0 Å². The summed E-state index contributed by atoms with van der Waals surface area (Å²) in [5.41, 5.74) is 0.829. The van der Waals surface area contributed by atoms with Gasteiger partial charge in [-0.25, -0.2) is 9.69 Å². The fourth-order valence-corrected chi connectivity index (χ4v) is 2.52. The van der Waals surface area contributed by atoms with Gasteiger partial charge in [0.1, 0.15) is 6.04 Å². The lowest BCUT2D eigenvalue weighted by Crippen LogP contribution is -2.53. The van der Waals surface area contributed by atoms with Crippen molar-refractivity contribution in [3.8, 4) is 0 Å². The van der Waals surface area contributed by atoms with E-state index in [0.717, 1.165) is 23.3 Å². The van der Waals surface area contributed by atoms with E-state index in [9.17, 15) is 22.8 Å². The molecule has 0 heterocycles. The Hall–Kier alpha value is -2.61. The Morgan fingerprint density at radius 2 is 1.80 bits per heavy atom. The van der Waals surface area contributed by atoms with E-state index in [-0.39, 0.29) is 6.54 Å². The molecule has 134 valence electrons. The van der Waals surface area contributed by atoms with Gasteiger partial charge in [-0.15, -0.1) is 13.2 Å². The predicted octanol–water partition coefficient (Wildman–Crippen LogP) is 2.75. The molecule has 0 bridgehead atoms. The van der Waals surface area contributed by atoms with Gasteiger partial charge in [0.2, 0.25) is 5.91 Å². The van der Waals surface area contributed by atoms with Crippen molar-refractivity contribution in [2.75, 3.05) is 6.54 Å². The number of amides is 1. The van der Waals surface area contributed by atoms with Crippen LogP contribution in [-0.4, -0.2) is 40.8 Å². The molecular formula is C17H17F3N2O3. The number of benzene rings is 2. The van der Waals surface area contributed by atoms with Gasteiger partial charge in [0.25, 0.3) is 0 Å². The first-order chi connectivity index (χ1) is 11.7. The number of fused-ring (bicyclic) bond motifs is 1. The van der Waals surface area contributed by atoms with E-state index in [2.05, 4.69) is 5.32 Å². The first-order valence-corrected chi connectivity index (χ1v) is 7.51. The van der Waals surface area contributed by atoms with Gasteiger partial charge in [-0.3, -0.25) is 4.79 Å². The summed E-state index contributed by atoms with van der Waals surface area (Å²) in [4.78, 5) is 22.1. The van der Waals surface area contributed by atoms with Crippen molar-refractivity contribution in [2.45, 2.75) is 25.8 Å². The molecule has 0 aliphatic rings. The van der Waals surface area contributed by atoms with Crippen LogP contribution in [0.2, 0.25) is 0 Å². The summed E-state index contributed by atoms with van der Waals surface area (Å²) in [5.74, 6) is -3.07. The molecule has 2 aromatic carbocycles. The molecule has 25 heavy (non-hydrogen) atoms. The number of halogens is 3. The molecule has 0 fully saturated rings. The van der Waals surface area contributed by atoms with Crippen LogP contribution in [0.3, 0.4) is 0 Å². The number of carboxylic acid groups (broad SMARTS) is 1. The summed E-state index contributed by atoms with van der Waals surface area (Å²) in [6.07, 6.45) is -5.06. The van der Waals surface area contributed by atoms with Crippen molar-refractivity contribution in [3.05, 3.63) is 48.0 Å². The molecule has 0 spiro atoms. The summed E-state index contributed by atoms with van der Waals surface area (Å²) < 4.78 is 38.9. The number of rotatable bonds is 6. The first-order valence-electron chi connectivity index (χ1n) is 7.51.